The summed E-state index contributed by atoms with van der Waals surface area (Å²) in [5.41, 5.74) is 4.77. The van der Waals surface area contributed by atoms with Crippen LogP contribution >= 0.6 is 0 Å². The number of carboxylic acids is 1. The summed E-state index contributed by atoms with van der Waals surface area (Å²) in [7, 11) is -3.91. The molecule has 0 aliphatic rings. The van der Waals surface area contributed by atoms with E-state index in [1.54, 1.807) is 4.72 Å². The lowest BCUT2D eigenvalue weighted by Gasteiger charge is -2.12. The Balaban J connectivity index is 4.55. The molecule has 9 heteroatoms. The number of hydrogen-bond acceptors (Lipinski definition) is 4. The number of carbonyl (C=O) groups excluding carboxylic acids is 1. The minimum atomic E-state index is -3.91. The number of carbonyl (C=O) groups is 2. The molecule has 1 atom stereocenters. The highest BCUT2D eigenvalue weighted by molar-refractivity contribution is 7.87. The molecule has 0 aromatic heterocycles. The molecule has 0 radical (unpaired) electrons. The highest BCUT2D eigenvalue weighted by atomic mass is 32.2. The minimum absolute atomic E-state index is 0.109. The second kappa shape index (κ2) is 5.63. The van der Waals surface area contributed by atoms with Crippen molar-refractivity contribution >= 4 is 22.1 Å². The summed E-state index contributed by atoms with van der Waals surface area (Å²) in [6, 6.07) is -1.55. The molecule has 0 aromatic carbocycles. The van der Waals surface area contributed by atoms with E-state index in [0.29, 0.717) is 0 Å². The Labute approximate surface area is 87.0 Å². The first-order valence-electron chi connectivity index (χ1n) is 4.06. The fourth-order valence-electron chi connectivity index (χ4n) is 0.800. The van der Waals surface area contributed by atoms with Crippen LogP contribution in [0.25, 0.3) is 0 Å². The number of rotatable bonds is 7. The normalized spacial score (nSPS) is 13.4. The molecule has 0 aromatic rings. The number of amides is 1. The number of carboxylic acid groups (broad SMARTS) is 1. The lowest BCUT2D eigenvalue weighted by Crippen LogP contribution is -2.47. The summed E-state index contributed by atoms with van der Waals surface area (Å²) < 4.78 is 26.0. The molecule has 0 spiro atoms. The number of primary amides is 1. The standard InChI is InChI=1S/C6H13N3O5S/c1-2-8-15(13,14)9-4(6(11)12)3-5(7)10/h4,8-9H,2-3H2,1H3,(H2,7,10)(H,11,12). The van der Waals surface area contributed by atoms with Crippen molar-refractivity contribution in [2.45, 2.75) is 19.4 Å². The summed E-state index contributed by atoms with van der Waals surface area (Å²) >= 11 is 0. The van der Waals surface area contributed by atoms with Gasteiger partial charge in [0, 0.05) is 6.54 Å². The van der Waals surface area contributed by atoms with Gasteiger partial charge in [0.15, 0.2) is 0 Å². The summed E-state index contributed by atoms with van der Waals surface area (Å²) in [5.74, 6) is -2.36. The van der Waals surface area contributed by atoms with Crippen LogP contribution in [0, 0.1) is 0 Å². The molecule has 0 aliphatic carbocycles. The zero-order valence-electron chi connectivity index (χ0n) is 8.06. The fraction of sp³-hybridized carbons (Fsp3) is 0.667. The van der Waals surface area contributed by atoms with Gasteiger partial charge < -0.3 is 10.8 Å². The van der Waals surface area contributed by atoms with Crippen LogP contribution in [0.1, 0.15) is 13.3 Å². The Bertz CT molecular complexity index is 339. The van der Waals surface area contributed by atoms with Gasteiger partial charge in [0.05, 0.1) is 6.42 Å². The van der Waals surface area contributed by atoms with Gasteiger partial charge in [-0.1, -0.05) is 6.92 Å². The summed E-state index contributed by atoms with van der Waals surface area (Å²) in [6.07, 6.45) is -0.597. The van der Waals surface area contributed by atoms with Crippen molar-refractivity contribution < 1.29 is 23.1 Å². The number of aliphatic carboxylic acids is 1. The van der Waals surface area contributed by atoms with Crippen LogP contribution < -0.4 is 15.2 Å². The van der Waals surface area contributed by atoms with Crippen LogP contribution in [0.3, 0.4) is 0 Å². The van der Waals surface area contributed by atoms with E-state index in [1.165, 1.54) is 6.92 Å². The molecule has 0 fully saturated rings. The Morgan fingerprint density at radius 2 is 2.00 bits per heavy atom. The second-order valence-electron chi connectivity index (χ2n) is 2.68. The predicted octanol–water partition coefficient (Wildman–Crippen LogP) is -2.24. The first kappa shape index (κ1) is 13.8. The molecule has 0 saturated carbocycles. The van der Waals surface area contributed by atoms with Gasteiger partial charge in [-0.15, -0.1) is 0 Å². The molecule has 5 N–H and O–H groups in total. The number of nitrogens with two attached hydrogens (primary N) is 1. The monoisotopic (exact) mass is 239 g/mol. The maximum Gasteiger partial charge on any atom is 0.322 e. The molecule has 0 heterocycles. The van der Waals surface area contributed by atoms with Gasteiger partial charge >= 0.3 is 5.97 Å². The highest BCUT2D eigenvalue weighted by Gasteiger charge is 2.24. The van der Waals surface area contributed by atoms with Crippen molar-refractivity contribution in [3.63, 3.8) is 0 Å². The highest BCUT2D eigenvalue weighted by Crippen LogP contribution is 1.93. The molecule has 8 nitrogen and oxygen atoms in total. The third-order valence-corrected chi connectivity index (χ3v) is 2.60. The number of nitrogens with one attached hydrogen (secondary N) is 2. The fourth-order valence-corrected chi connectivity index (χ4v) is 1.82. The first-order chi connectivity index (χ1) is 6.78. The molecular formula is C6H13N3O5S. The SMILES string of the molecule is CCNS(=O)(=O)NC(CC(N)=O)C(=O)O. The minimum Gasteiger partial charge on any atom is -0.480 e. The average molecular weight is 239 g/mol. The van der Waals surface area contributed by atoms with E-state index in [4.69, 9.17) is 10.8 Å². The van der Waals surface area contributed by atoms with E-state index in [9.17, 15) is 18.0 Å². The molecule has 0 aliphatic heterocycles. The van der Waals surface area contributed by atoms with Crippen LogP contribution in [0.2, 0.25) is 0 Å². The molecular weight excluding hydrogens is 226 g/mol. The van der Waals surface area contributed by atoms with Gasteiger partial charge in [0.2, 0.25) is 5.91 Å². The molecule has 15 heavy (non-hydrogen) atoms. The van der Waals surface area contributed by atoms with Gasteiger partial charge in [-0.25, -0.2) is 4.72 Å². The largest absolute Gasteiger partial charge is 0.480 e. The third-order valence-electron chi connectivity index (χ3n) is 1.34. The average Bonchev–Trinajstić information content (AvgIpc) is 2.00. The van der Waals surface area contributed by atoms with Crippen molar-refractivity contribution in [2.75, 3.05) is 6.54 Å². The Morgan fingerprint density at radius 1 is 1.47 bits per heavy atom. The molecule has 0 bridgehead atoms. The third kappa shape index (κ3) is 5.99. The van der Waals surface area contributed by atoms with Crippen molar-refractivity contribution in [3.05, 3.63) is 0 Å². The Morgan fingerprint density at radius 3 is 2.33 bits per heavy atom. The first-order valence-corrected chi connectivity index (χ1v) is 5.55. The molecule has 0 rings (SSSR count). The summed E-state index contributed by atoms with van der Waals surface area (Å²) in [6.45, 7) is 1.64. The summed E-state index contributed by atoms with van der Waals surface area (Å²) in [4.78, 5) is 21.0. The number of hydrogen-bond donors (Lipinski definition) is 4. The van der Waals surface area contributed by atoms with Crippen molar-refractivity contribution in [3.8, 4) is 0 Å². The van der Waals surface area contributed by atoms with E-state index in [2.05, 4.69) is 0 Å². The van der Waals surface area contributed by atoms with Crippen LogP contribution in [0.5, 0.6) is 0 Å². The molecule has 1 unspecified atom stereocenters. The quantitative estimate of drug-likeness (QED) is 0.398. The zero-order chi connectivity index (χ0) is 12.1. The van der Waals surface area contributed by atoms with Crippen molar-refractivity contribution in [2.24, 2.45) is 5.73 Å². The van der Waals surface area contributed by atoms with Crippen LogP contribution in [-0.4, -0.2) is 38.0 Å². The van der Waals surface area contributed by atoms with Gasteiger partial charge in [-0.05, 0) is 0 Å². The van der Waals surface area contributed by atoms with Crippen LogP contribution in [0.4, 0.5) is 0 Å². The molecule has 0 saturated heterocycles. The Hall–Kier alpha value is -1.19. The van der Waals surface area contributed by atoms with E-state index in [1.807, 2.05) is 4.72 Å². The van der Waals surface area contributed by atoms with Gasteiger partial charge in [0.1, 0.15) is 6.04 Å². The topological polar surface area (TPSA) is 139 Å². The van der Waals surface area contributed by atoms with Crippen molar-refractivity contribution in [1.29, 1.82) is 0 Å². The van der Waals surface area contributed by atoms with Crippen LogP contribution in [-0.2, 0) is 19.8 Å². The lowest BCUT2D eigenvalue weighted by atomic mass is 10.2. The summed E-state index contributed by atoms with van der Waals surface area (Å²) in [5, 5.41) is 8.59. The van der Waals surface area contributed by atoms with Crippen LogP contribution in [0.15, 0.2) is 0 Å². The van der Waals surface area contributed by atoms with E-state index in [-0.39, 0.29) is 6.54 Å². The smallest absolute Gasteiger partial charge is 0.322 e. The van der Waals surface area contributed by atoms with Gasteiger partial charge in [-0.3, -0.25) is 9.59 Å². The van der Waals surface area contributed by atoms with E-state index < -0.39 is 34.5 Å². The second-order valence-corrected chi connectivity index (χ2v) is 4.21. The van der Waals surface area contributed by atoms with E-state index >= 15 is 0 Å². The van der Waals surface area contributed by atoms with E-state index in [0.717, 1.165) is 0 Å². The molecule has 88 valence electrons. The maximum absolute atomic E-state index is 11.1. The lowest BCUT2D eigenvalue weighted by molar-refractivity contribution is -0.140. The maximum atomic E-state index is 11.1. The van der Waals surface area contributed by atoms with Crippen molar-refractivity contribution in [1.82, 2.24) is 9.44 Å². The van der Waals surface area contributed by atoms with Gasteiger partial charge in [0.25, 0.3) is 10.2 Å². The zero-order valence-corrected chi connectivity index (χ0v) is 8.87. The Kier molecular flexibility index (Phi) is 5.19. The molecule has 1 amide bonds. The predicted molar refractivity (Wildman–Crippen MR) is 51.0 cm³/mol. The van der Waals surface area contributed by atoms with Gasteiger partial charge in [-0.2, -0.15) is 13.1 Å².